The molecule has 2 heteroatoms. The Morgan fingerprint density at radius 3 is 1.90 bits per heavy atom. The third-order valence-corrected chi connectivity index (χ3v) is 1.98. The molecular weight excluding hydrogens is 128 g/mol. The van der Waals surface area contributed by atoms with Crippen molar-refractivity contribution in [2.75, 3.05) is 6.61 Å². The van der Waals surface area contributed by atoms with Crippen molar-refractivity contribution in [3.05, 3.63) is 0 Å². The molecule has 0 aromatic heterocycles. The van der Waals surface area contributed by atoms with Gasteiger partial charge in [-0.1, -0.05) is 20.8 Å². The summed E-state index contributed by atoms with van der Waals surface area (Å²) >= 11 is 0. The summed E-state index contributed by atoms with van der Waals surface area (Å²) in [6, 6.07) is 0. The molecule has 0 aromatic rings. The molecule has 2 nitrogen and oxygen atoms in total. The Morgan fingerprint density at radius 1 is 1.30 bits per heavy atom. The molecule has 0 aliphatic heterocycles. The monoisotopic (exact) mass is 146 g/mol. The van der Waals surface area contributed by atoms with E-state index in [-0.39, 0.29) is 18.6 Å². The van der Waals surface area contributed by atoms with E-state index in [1.807, 2.05) is 20.8 Å². The topological polar surface area (TPSA) is 40.5 Å². The molecule has 0 aliphatic carbocycles. The minimum Gasteiger partial charge on any atom is -0.396 e. The highest BCUT2D eigenvalue weighted by Crippen LogP contribution is 2.16. The Labute approximate surface area is 62.9 Å². The third-order valence-electron chi connectivity index (χ3n) is 1.98. The Kier molecular flexibility index (Phi) is 4.65. The van der Waals surface area contributed by atoms with Gasteiger partial charge in [0.15, 0.2) is 0 Å². The lowest BCUT2D eigenvalue weighted by molar-refractivity contribution is 0.0393. The Morgan fingerprint density at radius 2 is 1.80 bits per heavy atom. The fraction of sp³-hybridized carbons (Fsp3) is 1.00. The summed E-state index contributed by atoms with van der Waals surface area (Å²) in [6.45, 7) is 6.04. The van der Waals surface area contributed by atoms with Crippen LogP contribution in [0.25, 0.3) is 0 Å². The molecule has 0 radical (unpaired) electrons. The normalized spacial score (nSPS) is 17.4. The highest BCUT2D eigenvalue weighted by atomic mass is 16.3. The molecule has 0 spiro atoms. The summed E-state index contributed by atoms with van der Waals surface area (Å²) < 4.78 is 0. The van der Waals surface area contributed by atoms with Crippen molar-refractivity contribution >= 4 is 0 Å². The second-order valence-electron chi connectivity index (χ2n) is 3.07. The van der Waals surface area contributed by atoms with Crippen LogP contribution >= 0.6 is 0 Å². The molecule has 0 saturated carbocycles. The summed E-state index contributed by atoms with van der Waals surface area (Å²) in [6.07, 6.45) is 0.383. The predicted octanol–water partition coefficient (Wildman–Crippen LogP) is 1.02. The van der Waals surface area contributed by atoms with Gasteiger partial charge in [-0.25, -0.2) is 0 Å². The first kappa shape index (κ1) is 9.92. The summed E-state index contributed by atoms with van der Waals surface area (Å²) in [4.78, 5) is 0. The molecule has 0 heterocycles. The Hall–Kier alpha value is -0.0800. The molecule has 0 amide bonds. The van der Waals surface area contributed by atoms with Gasteiger partial charge in [0.2, 0.25) is 0 Å². The predicted molar refractivity (Wildman–Crippen MR) is 41.7 cm³/mol. The van der Waals surface area contributed by atoms with E-state index in [1.165, 1.54) is 0 Å². The van der Waals surface area contributed by atoms with Crippen LogP contribution in [0.2, 0.25) is 0 Å². The average Bonchev–Trinajstić information content (AvgIpc) is 1.88. The van der Waals surface area contributed by atoms with E-state index in [9.17, 15) is 5.11 Å². The molecule has 0 rings (SSSR count). The number of rotatable bonds is 4. The number of hydrogen-bond acceptors (Lipinski definition) is 2. The molecule has 0 unspecified atom stereocenters. The van der Waals surface area contributed by atoms with Crippen molar-refractivity contribution in [1.29, 1.82) is 0 Å². The molecule has 10 heavy (non-hydrogen) atoms. The van der Waals surface area contributed by atoms with Crippen LogP contribution in [-0.2, 0) is 0 Å². The van der Waals surface area contributed by atoms with Gasteiger partial charge in [0.1, 0.15) is 0 Å². The molecule has 0 fully saturated rings. The first-order valence-corrected chi connectivity index (χ1v) is 3.92. The van der Waals surface area contributed by atoms with Crippen LogP contribution in [0.3, 0.4) is 0 Å². The molecule has 0 aliphatic rings. The fourth-order valence-electron chi connectivity index (χ4n) is 1.08. The Balaban J connectivity index is 3.80. The molecule has 62 valence electrons. The first-order valence-electron chi connectivity index (χ1n) is 3.92. The van der Waals surface area contributed by atoms with E-state index in [1.54, 1.807) is 0 Å². The second-order valence-corrected chi connectivity index (χ2v) is 3.07. The maximum absolute atomic E-state index is 9.33. The standard InChI is InChI=1S/C8H18O2/c1-4-8(10)7(5-9)6(2)3/h6-10H,4-5H2,1-3H3/t7-,8+/m0/s1. The second kappa shape index (κ2) is 4.69. The lowest BCUT2D eigenvalue weighted by Gasteiger charge is -2.22. The van der Waals surface area contributed by atoms with Gasteiger partial charge in [0, 0.05) is 12.5 Å². The SMILES string of the molecule is CC[C@@H](O)[C@@H](CO)C(C)C. The van der Waals surface area contributed by atoms with E-state index in [0.717, 1.165) is 6.42 Å². The van der Waals surface area contributed by atoms with Crippen LogP contribution in [0.15, 0.2) is 0 Å². The van der Waals surface area contributed by atoms with Crippen LogP contribution < -0.4 is 0 Å². The molecule has 2 atom stereocenters. The maximum Gasteiger partial charge on any atom is 0.0590 e. The zero-order valence-electron chi connectivity index (χ0n) is 7.04. The maximum atomic E-state index is 9.33. The van der Waals surface area contributed by atoms with Gasteiger partial charge in [0.05, 0.1) is 6.10 Å². The summed E-state index contributed by atoms with van der Waals surface area (Å²) in [7, 11) is 0. The largest absolute Gasteiger partial charge is 0.396 e. The molecule has 0 aromatic carbocycles. The van der Waals surface area contributed by atoms with Gasteiger partial charge in [-0.05, 0) is 12.3 Å². The number of hydrogen-bond donors (Lipinski definition) is 2. The van der Waals surface area contributed by atoms with Gasteiger partial charge in [-0.3, -0.25) is 0 Å². The van der Waals surface area contributed by atoms with Crippen molar-refractivity contribution in [2.24, 2.45) is 11.8 Å². The molecule has 2 N–H and O–H groups in total. The van der Waals surface area contributed by atoms with Crippen molar-refractivity contribution in [3.63, 3.8) is 0 Å². The van der Waals surface area contributed by atoms with Crippen LogP contribution in [0.5, 0.6) is 0 Å². The number of aliphatic hydroxyl groups is 2. The van der Waals surface area contributed by atoms with Gasteiger partial charge in [0.25, 0.3) is 0 Å². The average molecular weight is 146 g/mol. The van der Waals surface area contributed by atoms with Crippen LogP contribution in [0.4, 0.5) is 0 Å². The van der Waals surface area contributed by atoms with Crippen molar-refractivity contribution in [1.82, 2.24) is 0 Å². The van der Waals surface area contributed by atoms with Gasteiger partial charge in [-0.15, -0.1) is 0 Å². The van der Waals surface area contributed by atoms with E-state index in [4.69, 9.17) is 5.11 Å². The van der Waals surface area contributed by atoms with E-state index in [2.05, 4.69) is 0 Å². The fourth-order valence-corrected chi connectivity index (χ4v) is 1.08. The van der Waals surface area contributed by atoms with Crippen molar-refractivity contribution in [3.8, 4) is 0 Å². The van der Waals surface area contributed by atoms with Crippen LogP contribution in [0, 0.1) is 11.8 Å². The van der Waals surface area contributed by atoms with E-state index >= 15 is 0 Å². The first-order chi connectivity index (χ1) is 4.63. The van der Waals surface area contributed by atoms with Crippen molar-refractivity contribution in [2.45, 2.75) is 33.3 Å². The summed E-state index contributed by atoms with van der Waals surface area (Å²) in [5, 5.41) is 18.2. The quantitative estimate of drug-likeness (QED) is 0.621. The van der Waals surface area contributed by atoms with E-state index < -0.39 is 0 Å². The number of aliphatic hydroxyl groups excluding tert-OH is 2. The Bertz CT molecular complexity index is 81.3. The van der Waals surface area contributed by atoms with Crippen LogP contribution in [-0.4, -0.2) is 22.9 Å². The molecule has 0 bridgehead atoms. The van der Waals surface area contributed by atoms with Gasteiger partial charge < -0.3 is 10.2 Å². The zero-order valence-corrected chi connectivity index (χ0v) is 7.04. The summed E-state index contributed by atoms with van der Waals surface area (Å²) in [5.74, 6) is 0.407. The third kappa shape index (κ3) is 2.67. The van der Waals surface area contributed by atoms with Gasteiger partial charge in [-0.2, -0.15) is 0 Å². The smallest absolute Gasteiger partial charge is 0.0590 e. The minimum atomic E-state index is -0.343. The lowest BCUT2D eigenvalue weighted by Crippen LogP contribution is -2.27. The summed E-state index contributed by atoms with van der Waals surface area (Å²) in [5.41, 5.74) is 0. The minimum absolute atomic E-state index is 0.0463. The van der Waals surface area contributed by atoms with Crippen LogP contribution in [0.1, 0.15) is 27.2 Å². The molecule has 0 saturated heterocycles. The highest BCUT2D eigenvalue weighted by Gasteiger charge is 2.19. The zero-order chi connectivity index (χ0) is 8.15. The highest BCUT2D eigenvalue weighted by molar-refractivity contribution is 4.69. The lowest BCUT2D eigenvalue weighted by atomic mass is 9.90. The van der Waals surface area contributed by atoms with Gasteiger partial charge >= 0.3 is 0 Å². The van der Waals surface area contributed by atoms with E-state index in [0.29, 0.717) is 5.92 Å². The van der Waals surface area contributed by atoms with Crippen molar-refractivity contribution < 1.29 is 10.2 Å². The molecular formula is C8H18O2.